The van der Waals surface area contributed by atoms with E-state index >= 15 is 0 Å². The molecule has 0 aromatic carbocycles. The highest BCUT2D eigenvalue weighted by Crippen LogP contribution is 2.24. The van der Waals surface area contributed by atoms with Crippen LogP contribution in [0, 0.1) is 0 Å². The van der Waals surface area contributed by atoms with Crippen molar-refractivity contribution in [3.63, 3.8) is 0 Å². The molecule has 0 aliphatic carbocycles. The first kappa shape index (κ1) is 16.0. The molecule has 1 N–H and O–H groups in total. The lowest BCUT2D eigenvalue weighted by molar-refractivity contribution is 0.565. The number of nitrogens with one attached hydrogen (secondary N) is 1. The van der Waals surface area contributed by atoms with E-state index in [4.69, 9.17) is 4.98 Å². The molecule has 0 bridgehead atoms. The van der Waals surface area contributed by atoms with Crippen molar-refractivity contribution in [1.82, 2.24) is 10.3 Å². The summed E-state index contributed by atoms with van der Waals surface area (Å²) in [6.07, 6.45) is 1.17. The second kappa shape index (κ2) is 6.90. The minimum Gasteiger partial charge on any atom is -0.360 e. The minimum atomic E-state index is 0.0874. The lowest BCUT2D eigenvalue weighted by Gasteiger charge is -2.23. The van der Waals surface area contributed by atoms with Crippen molar-refractivity contribution in [2.45, 2.75) is 53.0 Å². The number of nitrogens with zero attached hydrogens (tertiary/aromatic N) is 2. The van der Waals surface area contributed by atoms with Crippen molar-refractivity contribution in [3.8, 4) is 0 Å². The van der Waals surface area contributed by atoms with Gasteiger partial charge in [-0.1, -0.05) is 27.7 Å². The molecule has 0 atom stereocenters. The Morgan fingerprint density at radius 2 is 1.89 bits per heavy atom. The van der Waals surface area contributed by atoms with Crippen LogP contribution in [0.5, 0.6) is 0 Å². The lowest BCUT2D eigenvalue weighted by Crippen LogP contribution is -2.22. The molecule has 3 heteroatoms. The smallest absolute Gasteiger partial charge is 0.128 e. The van der Waals surface area contributed by atoms with Gasteiger partial charge in [0.05, 0.1) is 0 Å². The molecule has 1 aromatic rings. The predicted molar refractivity (Wildman–Crippen MR) is 83.9 cm³/mol. The molecule has 0 radical (unpaired) electrons. The average Bonchev–Trinajstić information content (AvgIpc) is 2.36. The lowest BCUT2D eigenvalue weighted by atomic mass is 9.90. The van der Waals surface area contributed by atoms with Crippen LogP contribution >= 0.6 is 0 Å². The number of anilines is 1. The van der Waals surface area contributed by atoms with Crippen LogP contribution in [0.15, 0.2) is 12.1 Å². The SMILES string of the molecule is CCCNCc1cc(N(C)CC)nc(C(C)(C)C)c1. The summed E-state index contributed by atoms with van der Waals surface area (Å²) in [5.41, 5.74) is 2.58. The van der Waals surface area contributed by atoms with Crippen molar-refractivity contribution in [3.05, 3.63) is 23.4 Å². The van der Waals surface area contributed by atoms with E-state index in [1.54, 1.807) is 0 Å². The van der Waals surface area contributed by atoms with E-state index in [2.05, 4.69) is 64.0 Å². The van der Waals surface area contributed by atoms with Crippen LogP contribution in [0.3, 0.4) is 0 Å². The number of aromatic nitrogens is 1. The third-order valence-corrected chi connectivity index (χ3v) is 3.26. The van der Waals surface area contributed by atoms with Crippen LogP contribution in [0.25, 0.3) is 0 Å². The summed E-state index contributed by atoms with van der Waals surface area (Å²) in [5.74, 6) is 1.07. The predicted octanol–water partition coefficient (Wildman–Crippen LogP) is 3.33. The van der Waals surface area contributed by atoms with Gasteiger partial charge < -0.3 is 10.2 Å². The molecule has 0 saturated heterocycles. The first-order valence-electron chi connectivity index (χ1n) is 7.31. The summed E-state index contributed by atoms with van der Waals surface area (Å²) >= 11 is 0. The fourth-order valence-corrected chi connectivity index (χ4v) is 1.82. The zero-order chi connectivity index (χ0) is 14.5. The average molecular weight is 263 g/mol. The van der Waals surface area contributed by atoms with Gasteiger partial charge in [0.1, 0.15) is 5.82 Å². The molecule has 0 spiro atoms. The van der Waals surface area contributed by atoms with Crippen LogP contribution in [0.1, 0.15) is 52.3 Å². The molecule has 1 aromatic heterocycles. The highest BCUT2D eigenvalue weighted by Gasteiger charge is 2.17. The summed E-state index contributed by atoms with van der Waals surface area (Å²) in [6, 6.07) is 4.43. The van der Waals surface area contributed by atoms with Gasteiger partial charge in [0.2, 0.25) is 0 Å². The zero-order valence-electron chi connectivity index (χ0n) is 13.4. The highest BCUT2D eigenvalue weighted by atomic mass is 15.2. The molecule has 1 rings (SSSR count). The van der Waals surface area contributed by atoms with Crippen molar-refractivity contribution in [1.29, 1.82) is 0 Å². The monoisotopic (exact) mass is 263 g/mol. The Kier molecular flexibility index (Phi) is 5.80. The second-order valence-corrected chi connectivity index (χ2v) is 6.16. The number of hydrogen-bond donors (Lipinski definition) is 1. The molecule has 0 fully saturated rings. The minimum absolute atomic E-state index is 0.0874. The maximum Gasteiger partial charge on any atom is 0.128 e. The van der Waals surface area contributed by atoms with Gasteiger partial charge >= 0.3 is 0 Å². The first-order valence-corrected chi connectivity index (χ1v) is 7.31. The summed E-state index contributed by atoms with van der Waals surface area (Å²) in [4.78, 5) is 6.99. The van der Waals surface area contributed by atoms with Crippen LogP contribution in [-0.4, -0.2) is 25.1 Å². The van der Waals surface area contributed by atoms with Crippen molar-refractivity contribution < 1.29 is 0 Å². The zero-order valence-corrected chi connectivity index (χ0v) is 13.4. The van der Waals surface area contributed by atoms with Crippen molar-refractivity contribution in [2.75, 3.05) is 25.0 Å². The van der Waals surface area contributed by atoms with Gasteiger partial charge in [-0.25, -0.2) is 4.98 Å². The highest BCUT2D eigenvalue weighted by molar-refractivity contribution is 5.43. The van der Waals surface area contributed by atoms with Crippen molar-refractivity contribution in [2.24, 2.45) is 0 Å². The Morgan fingerprint density at radius 1 is 1.21 bits per heavy atom. The quantitative estimate of drug-likeness (QED) is 0.798. The van der Waals surface area contributed by atoms with E-state index in [9.17, 15) is 0 Å². The van der Waals surface area contributed by atoms with Gasteiger partial charge in [-0.2, -0.15) is 0 Å². The Balaban J connectivity index is 3.02. The summed E-state index contributed by atoms with van der Waals surface area (Å²) in [6.45, 7) is 14.0. The Morgan fingerprint density at radius 3 is 2.42 bits per heavy atom. The first-order chi connectivity index (χ1) is 8.88. The van der Waals surface area contributed by atoms with E-state index in [-0.39, 0.29) is 5.41 Å². The van der Waals surface area contributed by atoms with E-state index < -0.39 is 0 Å². The van der Waals surface area contributed by atoms with Crippen molar-refractivity contribution >= 4 is 5.82 Å². The molecular weight excluding hydrogens is 234 g/mol. The summed E-state index contributed by atoms with van der Waals surface area (Å²) < 4.78 is 0. The molecule has 0 aliphatic rings. The van der Waals surface area contributed by atoms with E-state index in [1.165, 1.54) is 17.7 Å². The number of rotatable bonds is 6. The Hall–Kier alpha value is -1.09. The van der Waals surface area contributed by atoms with Gasteiger partial charge in [0.25, 0.3) is 0 Å². The van der Waals surface area contributed by atoms with Crippen LogP contribution in [-0.2, 0) is 12.0 Å². The Labute approximate surface area is 118 Å². The topological polar surface area (TPSA) is 28.2 Å². The maximum atomic E-state index is 4.80. The van der Waals surface area contributed by atoms with Gasteiger partial charge in [-0.3, -0.25) is 0 Å². The van der Waals surface area contributed by atoms with E-state index in [1.807, 2.05) is 0 Å². The fraction of sp³-hybridized carbons (Fsp3) is 0.688. The molecule has 0 aliphatic heterocycles. The maximum absolute atomic E-state index is 4.80. The Bertz CT molecular complexity index is 393. The molecule has 0 amide bonds. The van der Waals surface area contributed by atoms with Gasteiger partial charge in [0.15, 0.2) is 0 Å². The van der Waals surface area contributed by atoms with Crippen LogP contribution in [0.2, 0.25) is 0 Å². The van der Waals surface area contributed by atoms with E-state index in [0.717, 1.165) is 25.5 Å². The third kappa shape index (κ3) is 4.83. The summed E-state index contributed by atoms with van der Waals surface area (Å²) in [5, 5.41) is 3.47. The molecule has 19 heavy (non-hydrogen) atoms. The molecule has 1 heterocycles. The largest absolute Gasteiger partial charge is 0.360 e. The molecule has 3 nitrogen and oxygen atoms in total. The third-order valence-electron chi connectivity index (χ3n) is 3.26. The standard InChI is InChI=1S/C16H29N3/c1-7-9-17-12-13-10-14(16(3,4)5)18-15(11-13)19(6)8-2/h10-11,17H,7-9,12H2,1-6H3. The van der Waals surface area contributed by atoms with Gasteiger partial charge in [-0.15, -0.1) is 0 Å². The molecule has 108 valence electrons. The number of hydrogen-bond acceptors (Lipinski definition) is 3. The van der Waals surface area contributed by atoms with E-state index in [0.29, 0.717) is 0 Å². The van der Waals surface area contributed by atoms with Crippen LogP contribution in [0.4, 0.5) is 5.82 Å². The van der Waals surface area contributed by atoms with Gasteiger partial charge in [-0.05, 0) is 37.6 Å². The number of pyridine rings is 1. The fourth-order valence-electron chi connectivity index (χ4n) is 1.82. The molecule has 0 unspecified atom stereocenters. The normalized spacial score (nSPS) is 11.7. The van der Waals surface area contributed by atoms with Crippen LogP contribution < -0.4 is 10.2 Å². The molecule has 0 saturated carbocycles. The van der Waals surface area contributed by atoms with Gasteiger partial charge in [0, 0.05) is 31.2 Å². The second-order valence-electron chi connectivity index (χ2n) is 6.16. The summed E-state index contributed by atoms with van der Waals surface area (Å²) in [7, 11) is 2.10. The molecular formula is C16H29N3.